The fraction of sp³-hybridized carbons (Fsp3) is 0.471. The van der Waals surface area contributed by atoms with Crippen LogP contribution in [0.4, 0.5) is 4.79 Å². The molecule has 1 unspecified atom stereocenters. The molecule has 0 saturated carbocycles. The number of hydrogen-bond acceptors (Lipinski definition) is 2. The van der Waals surface area contributed by atoms with Crippen LogP contribution in [0.5, 0.6) is 0 Å². The summed E-state index contributed by atoms with van der Waals surface area (Å²) in [5.41, 5.74) is 2.11. The Morgan fingerprint density at radius 3 is 2.45 bits per heavy atom. The molecule has 1 aromatic carbocycles. The van der Waals surface area contributed by atoms with Crippen molar-refractivity contribution in [1.82, 2.24) is 4.90 Å². The third kappa shape index (κ3) is 3.62. The maximum atomic E-state index is 12.1. The van der Waals surface area contributed by atoms with Gasteiger partial charge in [-0.15, -0.1) is 0 Å². The molecule has 3 nitrogen and oxygen atoms in total. The molecular weight excluding hydrogens is 250 g/mol. The van der Waals surface area contributed by atoms with Crippen LogP contribution in [0.3, 0.4) is 0 Å². The summed E-state index contributed by atoms with van der Waals surface area (Å²) in [5, 5.41) is 0. The molecule has 0 aliphatic carbocycles. The predicted molar refractivity (Wildman–Crippen MR) is 81.4 cm³/mol. The van der Waals surface area contributed by atoms with Crippen LogP contribution in [0, 0.1) is 5.92 Å². The van der Waals surface area contributed by atoms with Gasteiger partial charge in [-0.2, -0.15) is 0 Å². The zero-order valence-corrected chi connectivity index (χ0v) is 12.7. The minimum absolute atomic E-state index is 0.229. The quantitative estimate of drug-likeness (QED) is 0.775. The van der Waals surface area contributed by atoms with Crippen molar-refractivity contribution in [3.05, 3.63) is 42.0 Å². The first-order valence-electron chi connectivity index (χ1n) is 7.10. The van der Waals surface area contributed by atoms with E-state index in [1.165, 1.54) is 11.1 Å². The van der Waals surface area contributed by atoms with Gasteiger partial charge in [-0.3, -0.25) is 0 Å². The number of nitrogens with zero attached hydrogens (tertiary/aromatic N) is 1. The smallest absolute Gasteiger partial charge is 0.410 e. The molecule has 1 heterocycles. The maximum Gasteiger partial charge on any atom is 0.410 e. The first-order chi connectivity index (χ1) is 9.37. The second-order valence-electron chi connectivity index (χ2n) is 6.31. The van der Waals surface area contributed by atoms with E-state index < -0.39 is 5.60 Å². The SMILES string of the molecule is CC1CN(C(=O)OC(C)(C)C)CC=C1c1ccccc1. The van der Waals surface area contributed by atoms with E-state index in [2.05, 4.69) is 25.1 Å². The number of hydrogen-bond donors (Lipinski definition) is 0. The van der Waals surface area contributed by atoms with Crippen LogP contribution < -0.4 is 0 Å². The second-order valence-corrected chi connectivity index (χ2v) is 6.31. The molecule has 0 bridgehead atoms. The number of benzene rings is 1. The number of carbonyl (C=O) groups excluding carboxylic acids is 1. The molecule has 1 atom stereocenters. The Bertz CT molecular complexity index is 499. The molecule has 0 radical (unpaired) electrons. The summed E-state index contributed by atoms with van der Waals surface area (Å²) in [7, 11) is 0. The lowest BCUT2D eigenvalue weighted by Gasteiger charge is -2.33. The van der Waals surface area contributed by atoms with Crippen molar-refractivity contribution >= 4 is 11.7 Å². The number of carbonyl (C=O) groups is 1. The van der Waals surface area contributed by atoms with Gasteiger partial charge in [0.2, 0.25) is 0 Å². The molecule has 1 aromatic rings. The summed E-state index contributed by atoms with van der Waals surface area (Å²) >= 11 is 0. The molecule has 2 rings (SSSR count). The average Bonchev–Trinajstić information content (AvgIpc) is 2.37. The Labute approximate surface area is 121 Å². The molecule has 0 spiro atoms. The van der Waals surface area contributed by atoms with Crippen molar-refractivity contribution in [2.75, 3.05) is 13.1 Å². The van der Waals surface area contributed by atoms with Gasteiger partial charge in [0, 0.05) is 13.1 Å². The van der Waals surface area contributed by atoms with E-state index in [4.69, 9.17) is 4.74 Å². The molecule has 20 heavy (non-hydrogen) atoms. The van der Waals surface area contributed by atoms with Crippen molar-refractivity contribution in [3.8, 4) is 0 Å². The average molecular weight is 273 g/mol. The van der Waals surface area contributed by atoms with Crippen LogP contribution in [-0.4, -0.2) is 29.7 Å². The Morgan fingerprint density at radius 2 is 1.90 bits per heavy atom. The normalized spacial score (nSPS) is 19.5. The van der Waals surface area contributed by atoms with Crippen LogP contribution in [0.1, 0.15) is 33.3 Å². The van der Waals surface area contributed by atoms with Crippen LogP contribution in [0.15, 0.2) is 36.4 Å². The summed E-state index contributed by atoms with van der Waals surface area (Å²) in [4.78, 5) is 13.8. The fourth-order valence-corrected chi connectivity index (χ4v) is 2.42. The zero-order valence-electron chi connectivity index (χ0n) is 12.7. The lowest BCUT2D eigenvalue weighted by atomic mass is 9.91. The van der Waals surface area contributed by atoms with Gasteiger partial charge in [0.15, 0.2) is 0 Å². The van der Waals surface area contributed by atoms with Crippen LogP contribution >= 0.6 is 0 Å². The Balaban J connectivity index is 2.08. The van der Waals surface area contributed by atoms with E-state index in [0.29, 0.717) is 19.0 Å². The van der Waals surface area contributed by atoms with Crippen molar-refractivity contribution in [3.63, 3.8) is 0 Å². The second kappa shape index (κ2) is 5.70. The summed E-state index contributed by atoms with van der Waals surface area (Å²) in [6.07, 6.45) is 1.90. The van der Waals surface area contributed by atoms with Gasteiger partial charge in [-0.1, -0.05) is 43.3 Å². The Morgan fingerprint density at radius 1 is 1.25 bits per heavy atom. The van der Waals surface area contributed by atoms with Gasteiger partial charge in [-0.25, -0.2) is 4.79 Å². The molecular formula is C17H23NO2. The molecule has 3 heteroatoms. The number of ether oxygens (including phenoxy) is 1. The molecule has 0 aromatic heterocycles. The predicted octanol–water partition coefficient (Wildman–Crippen LogP) is 3.96. The van der Waals surface area contributed by atoms with E-state index in [1.54, 1.807) is 4.90 Å². The first-order valence-corrected chi connectivity index (χ1v) is 7.10. The van der Waals surface area contributed by atoms with Crippen molar-refractivity contribution in [1.29, 1.82) is 0 Å². The van der Waals surface area contributed by atoms with E-state index in [0.717, 1.165) is 0 Å². The fourth-order valence-electron chi connectivity index (χ4n) is 2.42. The first kappa shape index (κ1) is 14.6. The highest BCUT2D eigenvalue weighted by atomic mass is 16.6. The summed E-state index contributed by atoms with van der Waals surface area (Å²) in [6.45, 7) is 9.14. The van der Waals surface area contributed by atoms with Gasteiger partial charge in [0.25, 0.3) is 0 Å². The lowest BCUT2D eigenvalue weighted by molar-refractivity contribution is 0.0252. The molecule has 1 aliphatic heterocycles. The Hall–Kier alpha value is -1.77. The summed E-state index contributed by atoms with van der Waals surface area (Å²) in [5.74, 6) is 0.318. The largest absolute Gasteiger partial charge is 0.444 e. The van der Waals surface area contributed by atoms with Crippen molar-refractivity contribution in [2.45, 2.75) is 33.3 Å². The standard InChI is InChI=1S/C17H23NO2/c1-13-12-18(16(19)20-17(2,3)4)11-10-15(13)14-8-6-5-7-9-14/h5-10,13H,11-12H2,1-4H3. The van der Waals surface area contributed by atoms with E-state index in [1.807, 2.05) is 39.0 Å². The molecule has 0 N–H and O–H groups in total. The van der Waals surface area contributed by atoms with Crippen LogP contribution in [0.25, 0.3) is 5.57 Å². The highest BCUT2D eigenvalue weighted by molar-refractivity contribution is 5.73. The Kier molecular flexibility index (Phi) is 4.17. The van der Waals surface area contributed by atoms with Crippen molar-refractivity contribution < 1.29 is 9.53 Å². The highest BCUT2D eigenvalue weighted by Gasteiger charge is 2.27. The van der Waals surface area contributed by atoms with Gasteiger partial charge in [-0.05, 0) is 37.8 Å². The summed E-state index contributed by atoms with van der Waals surface area (Å²) < 4.78 is 5.42. The van der Waals surface area contributed by atoms with Crippen LogP contribution in [0.2, 0.25) is 0 Å². The van der Waals surface area contributed by atoms with E-state index in [9.17, 15) is 4.79 Å². The van der Waals surface area contributed by atoms with E-state index in [-0.39, 0.29) is 6.09 Å². The zero-order chi connectivity index (χ0) is 14.8. The molecule has 1 amide bonds. The van der Waals surface area contributed by atoms with Gasteiger partial charge in [0.05, 0.1) is 0 Å². The summed E-state index contributed by atoms with van der Waals surface area (Å²) in [6, 6.07) is 10.3. The van der Waals surface area contributed by atoms with Crippen LogP contribution in [-0.2, 0) is 4.74 Å². The monoisotopic (exact) mass is 273 g/mol. The maximum absolute atomic E-state index is 12.1. The minimum atomic E-state index is -0.441. The molecule has 0 saturated heterocycles. The highest BCUT2D eigenvalue weighted by Crippen LogP contribution is 2.28. The third-order valence-electron chi connectivity index (χ3n) is 3.32. The molecule has 108 valence electrons. The van der Waals surface area contributed by atoms with E-state index >= 15 is 0 Å². The number of rotatable bonds is 1. The topological polar surface area (TPSA) is 29.5 Å². The lowest BCUT2D eigenvalue weighted by Crippen LogP contribution is -2.41. The van der Waals surface area contributed by atoms with Gasteiger partial charge in [0.1, 0.15) is 5.60 Å². The molecule has 1 aliphatic rings. The molecule has 0 fully saturated rings. The third-order valence-corrected chi connectivity index (χ3v) is 3.32. The number of amides is 1. The van der Waals surface area contributed by atoms with Crippen molar-refractivity contribution in [2.24, 2.45) is 5.92 Å². The van der Waals surface area contributed by atoms with Gasteiger partial charge < -0.3 is 9.64 Å². The van der Waals surface area contributed by atoms with Gasteiger partial charge >= 0.3 is 6.09 Å². The minimum Gasteiger partial charge on any atom is -0.444 e.